The van der Waals surface area contributed by atoms with E-state index >= 15 is 0 Å². The van der Waals surface area contributed by atoms with E-state index in [0.29, 0.717) is 11.9 Å². The van der Waals surface area contributed by atoms with Crippen molar-refractivity contribution in [2.75, 3.05) is 6.61 Å². The van der Waals surface area contributed by atoms with Crippen LogP contribution in [-0.2, 0) is 18.3 Å². The van der Waals surface area contributed by atoms with Gasteiger partial charge in [-0.2, -0.15) is 0 Å². The molecular weight excluding hydrogens is 342 g/mol. The number of rotatable bonds is 6. The Bertz CT molecular complexity index is 850. The van der Waals surface area contributed by atoms with Gasteiger partial charge in [0.2, 0.25) is 5.88 Å². The van der Waals surface area contributed by atoms with Crippen molar-refractivity contribution in [3.63, 3.8) is 0 Å². The summed E-state index contributed by atoms with van der Waals surface area (Å²) in [6.45, 7) is 1.58. The predicted octanol–water partition coefficient (Wildman–Crippen LogP) is 3.01. The first-order chi connectivity index (χ1) is 13.3. The smallest absolute Gasteiger partial charge is 0.237 e. The molecule has 0 spiro atoms. The molecule has 1 aliphatic heterocycles. The average molecular weight is 365 g/mol. The highest BCUT2D eigenvalue weighted by molar-refractivity contribution is 5.29. The van der Waals surface area contributed by atoms with Gasteiger partial charge < -0.3 is 19.4 Å². The number of benzene rings is 1. The molecule has 1 aliphatic rings. The van der Waals surface area contributed by atoms with Crippen LogP contribution in [0.2, 0.25) is 0 Å². The molecule has 1 fully saturated rings. The highest BCUT2D eigenvalue weighted by Crippen LogP contribution is 2.28. The lowest BCUT2D eigenvalue weighted by Crippen LogP contribution is -2.36. The number of ether oxygens (including phenoxy) is 2. The van der Waals surface area contributed by atoms with Gasteiger partial charge in [0.25, 0.3) is 0 Å². The van der Waals surface area contributed by atoms with Crippen molar-refractivity contribution in [2.45, 2.75) is 31.5 Å². The van der Waals surface area contributed by atoms with Gasteiger partial charge in [-0.3, -0.25) is 4.98 Å². The van der Waals surface area contributed by atoms with Crippen LogP contribution in [0.4, 0.5) is 0 Å². The molecule has 7 heteroatoms. The SMILES string of the molecule is Cn1cncc1C1CC(NCc2ccc(Oc3cnccn3)cc2)CCO1. The van der Waals surface area contributed by atoms with Crippen LogP contribution in [0.1, 0.15) is 30.2 Å². The van der Waals surface area contributed by atoms with Crippen LogP contribution in [0.15, 0.2) is 55.4 Å². The minimum atomic E-state index is 0.103. The summed E-state index contributed by atoms with van der Waals surface area (Å²) in [7, 11) is 2.01. The second kappa shape index (κ2) is 8.28. The molecule has 140 valence electrons. The van der Waals surface area contributed by atoms with Gasteiger partial charge in [-0.25, -0.2) is 9.97 Å². The molecule has 27 heavy (non-hydrogen) atoms. The standard InChI is InChI=1S/C20H23N5O2/c1-25-14-22-12-18(25)19-10-16(6-9-26-19)24-11-15-2-4-17(5-3-15)27-20-13-21-7-8-23-20/h2-5,7-8,12-14,16,19,24H,6,9-11H2,1H3. The lowest BCUT2D eigenvalue weighted by atomic mass is 10.0. The van der Waals surface area contributed by atoms with E-state index in [1.54, 1.807) is 18.6 Å². The molecule has 0 radical (unpaired) electrons. The number of nitrogens with one attached hydrogen (secondary N) is 1. The molecule has 2 atom stereocenters. The Balaban J connectivity index is 1.30. The summed E-state index contributed by atoms with van der Waals surface area (Å²) in [4.78, 5) is 12.3. The summed E-state index contributed by atoms with van der Waals surface area (Å²) in [5.41, 5.74) is 2.34. The van der Waals surface area contributed by atoms with E-state index in [-0.39, 0.29) is 6.10 Å². The molecule has 1 N–H and O–H groups in total. The molecule has 4 rings (SSSR count). The number of aryl methyl sites for hydroxylation is 1. The van der Waals surface area contributed by atoms with E-state index in [1.807, 2.05) is 36.3 Å². The van der Waals surface area contributed by atoms with E-state index in [2.05, 4.69) is 32.4 Å². The third-order valence-corrected chi connectivity index (χ3v) is 4.75. The lowest BCUT2D eigenvalue weighted by Gasteiger charge is -2.30. The summed E-state index contributed by atoms with van der Waals surface area (Å²) in [5.74, 6) is 1.24. The Morgan fingerprint density at radius 2 is 2.07 bits per heavy atom. The number of hydrogen-bond donors (Lipinski definition) is 1. The van der Waals surface area contributed by atoms with Crippen LogP contribution in [0.25, 0.3) is 0 Å². The molecule has 7 nitrogen and oxygen atoms in total. The molecule has 2 aromatic heterocycles. The van der Waals surface area contributed by atoms with Gasteiger partial charge in [0, 0.05) is 38.6 Å². The molecule has 1 aromatic carbocycles. The zero-order valence-electron chi connectivity index (χ0n) is 15.3. The monoisotopic (exact) mass is 365 g/mol. The van der Waals surface area contributed by atoms with Crippen molar-refractivity contribution in [1.29, 1.82) is 0 Å². The van der Waals surface area contributed by atoms with Crippen molar-refractivity contribution in [3.05, 3.63) is 66.6 Å². The van der Waals surface area contributed by atoms with Gasteiger partial charge in [-0.15, -0.1) is 0 Å². The molecule has 0 saturated carbocycles. The molecule has 3 aromatic rings. The summed E-state index contributed by atoms with van der Waals surface area (Å²) in [5, 5.41) is 3.65. The normalized spacial score (nSPS) is 19.7. The second-order valence-electron chi connectivity index (χ2n) is 6.68. The van der Waals surface area contributed by atoms with Gasteiger partial charge in [0.15, 0.2) is 0 Å². The summed E-state index contributed by atoms with van der Waals surface area (Å²) >= 11 is 0. The summed E-state index contributed by atoms with van der Waals surface area (Å²) in [6, 6.07) is 8.46. The Labute approximate surface area is 158 Å². The molecular formula is C20H23N5O2. The largest absolute Gasteiger partial charge is 0.438 e. The number of nitrogens with zero attached hydrogens (tertiary/aromatic N) is 4. The fourth-order valence-electron chi connectivity index (χ4n) is 3.26. The summed E-state index contributed by atoms with van der Waals surface area (Å²) < 4.78 is 13.6. The predicted molar refractivity (Wildman–Crippen MR) is 100 cm³/mol. The first-order valence-electron chi connectivity index (χ1n) is 9.12. The van der Waals surface area contributed by atoms with Crippen molar-refractivity contribution in [2.24, 2.45) is 7.05 Å². The first-order valence-corrected chi connectivity index (χ1v) is 9.12. The number of hydrogen-bond acceptors (Lipinski definition) is 6. The molecule has 0 amide bonds. The third kappa shape index (κ3) is 4.50. The van der Waals surface area contributed by atoms with Gasteiger partial charge in [0.1, 0.15) is 11.9 Å². The topological polar surface area (TPSA) is 74.1 Å². The van der Waals surface area contributed by atoms with E-state index in [9.17, 15) is 0 Å². The maximum Gasteiger partial charge on any atom is 0.237 e. The fraction of sp³-hybridized carbons (Fsp3) is 0.350. The van der Waals surface area contributed by atoms with Crippen molar-refractivity contribution >= 4 is 0 Å². The van der Waals surface area contributed by atoms with Crippen LogP contribution in [-0.4, -0.2) is 32.2 Å². The molecule has 0 aliphatic carbocycles. The summed E-state index contributed by atoms with van der Waals surface area (Å²) in [6.07, 6.45) is 10.6. The third-order valence-electron chi connectivity index (χ3n) is 4.75. The van der Waals surface area contributed by atoms with Crippen LogP contribution in [0.3, 0.4) is 0 Å². The van der Waals surface area contributed by atoms with Gasteiger partial charge in [0.05, 0.1) is 24.4 Å². The zero-order chi connectivity index (χ0) is 18.5. The van der Waals surface area contributed by atoms with Crippen LogP contribution < -0.4 is 10.1 Å². The van der Waals surface area contributed by atoms with E-state index in [1.165, 1.54) is 5.56 Å². The van der Waals surface area contributed by atoms with E-state index in [4.69, 9.17) is 9.47 Å². The zero-order valence-corrected chi connectivity index (χ0v) is 15.3. The van der Waals surface area contributed by atoms with Crippen LogP contribution >= 0.6 is 0 Å². The molecule has 0 bridgehead atoms. The minimum absolute atomic E-state index is 0.103. The maximum absolute atomic E-state index is 5.93. The number of imidazole rings is 1. The van der Waals surface area contributed by atoms with Crippen molar-refractivity contribution < 1.29 is 9.47 Å². The Morgan fingerprint density at radius 1 is 1.19 bits per heavy atom. The maximum atomic E-state index is 5.93. The Kier molecular flexibility index (Phi) is 5.41. The molecule has 1 saturated heterocycles. The Hall–Kier alpha value is -2.77. The van der Waals surface area contributed by atoms with Gasteiger partial charge in [-0.1, -0.05) is 12.1 Å². The fourth-order valence-corrected chi connectivity index (χ4v) is 3.26. The van der Waals surface area contributed by atoms with E-state index < -0.39 is 0 Å². The Morgan fingerprint density at radius 3 is 2.81 bits per heavy atom. The van der Waals surface area contributed by atoms with Crippen LogP contribution in [0.5, 0.6) is 11.6 Å². The van der Waals surface area contributed by atoms with Crippen molar-refractivity contribution in [3.8, 4) is 11.6 Å². The van der Waals surface area contributed by atoms with Crippen LogP contribution in [0, 0.1) is 0 Å². The van der Waals surface area contributed by atoms with Gasteiger partial charge in [-0.05, 0) is 30.5 Å². The minimum Gasteiger partial charge on any atom is -0.438 e. The first kappa shape index (κ1) is 17.6. The van der Waals surface area contributed by atoms with E-state index in [0.717, 1.165) is 37.4 Å². The second-order valence-corrected chi connectivity index (χ2v) is 6.68. The average Bonchev–Trinajstić information content (AvgIpc) is 3.14. The molecule has 3 heterocycles. The lowest BCUT2D eigenvalue weighted by molar-refractivity contribution is -0.00404. The highest BCUT2D eigenvalue weighted by Gasteiger charge is 2.25. The molecule has 2 unspecified atom stereocenters. The van der Waals surface area contributed by atoms with Crippen molar-refractivity contribution in [1.82, 2.24) is 24.8 Å². The highest BCUT2D eigenvalue weighted by atomic mass is 16.5. The quantitative estimate of drug-likeness (QED) is 0.724. The number of aromatic nitrogens is 4. The van der Waals surface area contributed by atoms with Gasteiger partial charge >= 0.3 is 0 Å².